The number of nitrogens with zero attached hydrogens (tertiary/aromatic N) is 4. The molecule has 1 aromatic heterocycles. The number of carbonyl (C=O) groups excluding carboxylic acids is 2. The summed E-state index contributed by atoms with van der Waals surface area (Å²) in [6.07, 6.45) is 2.53. The number of carbonyl (C=O) groups is 2. The van der Waals surface area contributed by atoms with Gasteiger partial charge in [0.2, 0.25) is 0 Å². The molecule has 0 aliphatic carbocycles. The van der Waals surface area contributed by atoms with Crippen LogP contribution < -0.4 is 5.32 Å². The molecule has 8 nitrogen and oxygen atoms in total. The van der Waals surface area contributed by atoms with E-state index >= 15 is 0 Å². The minimum absolute atomic E-state index is 0.0100. The van der Waals surface area contributed by atoms with Gasteiger partial charge in [0.15, 0.2) is 0 Å². The molecule has 1 N–H and O–H groups in total. The first-order valence-electron chi connectivity index (χ1n) is 8.83. The molecule has 1 atom stereocenters. The Morgan fingerprint density at radius 2 is 2.16 bits per heavy atom. The fraction of sp³-hybridized carbons (Fsp3) is 0.706. The highest BCUT2D eigenvalue weighted by Gasteiger charge is 2.37. The third-order valence-corrected chi connectivity index (χ3v) is 4.85. The van der Waals surface area contributed by atoms with E-state index in [1.165, 1.54) is 0 Å². The molecule has 3 rings (SSSR count). The number of nitrogens with one attached hydrogen (secondary N) is 1. The molecule has 2 aliphatic rings. The van der Waals surface area contributed by atoms with Crippen LogP contribution in [0.2, 0.25) is 0 Å². The van der Waals surface area contributed by atoms with Gasteiger partial charge in [0.05, 0.1) is 24.5 Å². The van der Waals surface area contributed by atoms with Crippen LogP contribution in [0.4, 0.5) is 4.79 Å². The van der Waals surface area contributed by atoms with Crippen LogP contribution >= 0.6 is 0 Å². The number of aromatic nitrogens is 2. The van der Waals surface area contributed by atoms with E-state index in [1.54, 1.807) is 19.0 Å². The summed E-state index contributed by atoms with van der Waals surface area (Å²) in [6.45, 7) is 4.89. The highest BCUT2D eigenvalue weighted by Crippen LogP contribution is 2.25. The average Bonchev–Trinajstić information content (AvgIpc) is 3.13. The number of ether oxygens (including phenoxy) is 1. The maximum absolute atomic E-state index is 12.3. The smallest absolute Gasteiger partial charge is 0.319 e. The van der Waals surface area contributed by atoms with Crippen molar-refractivity contribution in [3.05, 3.63) is 17.5 Å². The normalized spacial score (nSPS) is 23.1. The largest absolute Gasteiger partial charge is 0.365 e. The Bertz CT molecular complexity index is 649. The third kappa shape index (κ3) is 3.78. The van der Waals surface area contributed by atoms with Crippen LogP contribution in [0.15, 0.2) is 6.07 Å². The zero-order valence-electron chi connectivity index (χ0n) is 15.2. The van der Waals surface area contributed by atoms with E-state index in [4.69, 9.17) is 4.74 Å². The van der Waals surface area contributed by atoms with Crippen molar-refractivity contribution in [3.8, 4) is 0 Å². The van der Waals surface area contributed by atoms with E-state index in [-0.39, 0.29) is 11.9 Å². The van der Waals surface area contributed by atoms with E-state index in [0.29, 0.717) is 19.7 Å². The number of hydrogen-bond acceptors (Lipinski definition) is 4. The van der Waals surface area contributed by atoms with Crippen molar-refractivity contribution in [1.29, 1.82) is 0 Å². The Hall–Kier alpha value is -2.09. The summed E-state index contributed by atoms with van der Waals surface area (Å²) < 4.78 is 7.51. The second kappa shape index (κ2) is 7.03. The Kier molecular flexibility index (Phi) is 4.99. The molecule has 1 aromatic rings. The second-order valence-corrected chi connectivity index (χ2v) is 7.17. The zero-order chi connectivity index (χ0) is 18.0. The Balaban J connectivity index is 1.63. The molecule has 1 fully saturated rings. The van der Waals surface area contributed by atoms with Gasteiger partial charge in [0.25, 0.3) is 5.91 Å². The molecule has 8 heteroatoms. The Labute approximate surface area is 148 Å². The van der Waals surface area contributed by atoms with Gasteiger partial charge in [-0.3, -0.25) is 9.48 Å². The summed E-state index contributed by atoms with van der Waals surface area (Å²) in [5.41, 5.74) is 1.09. The Morgan fingerprint density at radius 1 is 1.36 bits per heavy atom. The maximum Gasteiger partial charge on any atom is 0.319 e. The van der Waals surface area contributed by atoms with Crippen molar-refractivity contribution >= 4 is 11.9 Å². The molecule has 0 aromatic carbocycles. The van der Waals surface area contributed by atoms with E-state index in [9.17, 15) is 9.59 Å². The first-order valence-corrected chi connectivity index (χ1v) is 8.83. The summed E-state index contributed by atoms with van der Waals surface area (Å²) >= 11 is 0. The lowest BCUT2D eigenvalue weighted by molar-refractivity contribution is -0.139. The summed E-state index contributed by atoms with van der Waals surface area (Å²) in [5, 5.41) is 7.51. The third-order valence-electron chi connectivity index (χ3n) is 4.85. The summed E-state index contributed by atoms with van der Waals surface area (Å²) in [4.78, 5) is 28.0. The quantitative estimate of drug-likeness (QED) is 0.881. The molecule has 0 radical (unpaired) electrons. The monoisotopic (exact) mass is 349 g/mol. The van der Waals surface area contributed by atoms with Gasteiger partial charge in [-0.2, -0.15) is 5.10 Å². The summed E-state index contributed by atoms with van der Waals surface area (Å²) in [7, 11) is 3.52. The molecule has 0 spiro atoms. The van der Waals surface area contributed by atoms with Crippen molar-refractivity contribution in [3.63, 3.8) is 0 Å². The number of hydrogen-bond donors (Lipinski definition) is 1. The summed E-state index contributed by atoms with van der Waals surface area (Å²) in [6, 6.07) is 1.98. The molecule has 0 bridgehead atoms. The molecule has 3 amide bonds. The van der Waals surface area contributed by atoms with Crippen molar-refractivity contribution in [2.75, 3.05) is 27.2 Å². The number of urea groups is 1. The molecule has 2 aliphatic heterocycles. The van der Waals surface area contributed by atoms with Gasteiger partial charge in [0.1, 0.15) is 5.60 Å². The van der Waals surface area contributed by atoms with Gasteiger partial charge >= 0.3 is 6.03 Å². The molecule has 0 saturated carbocycles. The van der Waals surface area contributed by atoms with Crippen LogP contribution in [0.5, 0.6) is 0 Å². The predicted octanol–water partition coefficient (Wildman–Crippen LogP) is 0.956. The minimum atomic E-state index is -0.717. The molecular formula is C17H27N5O3. The lowest BCUT2D eigenvalue weighted by Gasteiger charge is -2.24. The SMILES string of the molecule is CN(C)C(=O)N1CCCn2nc(CNC(=O)[C@@]3(C)CCCO3)cc2C1. The topological polar surface area (TPSA) is 79.7 Å². The highest BCUT2D eigenvalue weighted by atomic mass is 16.5. The number of fused-ring (bicyclic) bond motifs is 1. The molecule has 138 valence electrons. The van der Waals surface area contributed by atoms with Crippen molar-refractivity contribution in [1.82, 2.24) is 24.9 Å². The highest BCUT2D eigenvalue weighted by molar-refractivity contribution is 5.84. The average molecular weight is 349 g/mol. The fourth-order valence-electron chi connectivity index (χ4n) is 3.37. The second-order valence-electron chi connectivity index (χ2n) is 7.17. The Morgan fingerprint density at radius 3 is 2.84 bits per heavy atom. The number of rotatable bonds is 3. The maximum atomic E-state index is 12.3. The van der Waals surface area contributed by atoms with Crippen molar-refractivity contribution in [2.45, 2.75) is 51.4 Å². The fourth-order valence-corrected chi connectivity index (χ4v) is 3.37. The molecule has 0 unspecified atom stereocenters. The van der Waals surface area contributed by atoms with E-state index < -0.39 is 5.60 Å². The molecule has 25 heavy (non-hydrogen) atoms. The van der Waals surface area contributed by atoms with Crippen LogP contribution in [-0.4, -0.2) is 64.4 Å². The lowest BCUT2D eigenvalue weighted by atomic mass is 10.0. The van der Waals surface area contributed by atoms with Gasteiger partial charge in [-0.1, -0.05) is 0 Å². The van der Waals surface area contributed by atoms with E-state index in [2.05, 4.69) is 10.4 Å². The van der Waals surface area contributed by atoms with E-state index in [1.807, 2.05) is 22.6 Å². The van der Waals surface area contributed by atoms with Gasteiger partial charge in [-0.25, -0.2) is 4.79 Å². The first kappa shape index (κ1) is 17.7. The standard InChI is InChI=1S/C17H27N5O3/c1-17(6-4-9-25-17)15(23)18-11-13-10-14-12-21(16(24)20(2)3)7-5-8-22(14)19-13/h10H,4-9,11-12H2,1-3H3,(H,18,23)/t17-/m1/s1. The molecular weight excluding hydrogens is 322 g/mol. The number of amides is 3. The van der Waals surface area contributed by atoms with E-state index in [0.717, 1.165) is 43.7 Å². The van der Waals surface area contributed by atoms with Crippen LogP contribution in [0, 0.1) is 0 Å². The summed E-state index contributed by atoms with van der Waals surface area (Å²) in [5.74, 6) is -0.0855. The zero-order valence-corrected chi connectivity index (χ0v) is 15.2. The van der Waals surface area contributed by atoms with Gasteiger partial charge in [0, 0.05) is 33.8 Å². The van der Waals surface area contributed by atoms with Crippen LogP contribution in [0.25, 0.3) is 0 Å². The molecule has 3 heterocycles. The first-order chi connectivity index (χ1) is 11.9. The van der Waals surface area contributed by atoms with Crippen LogP contribution in [0.1, 0.15) is 37.6 Å². The van der Waals surface area contributed by atoms with Crippen LogP contribution in [-0.2, 0) is 29.2 Å². The van der Waals surface area contributed by atoms with Crippen molar-refractivity contribution in [2.24, 2.45) is 0 Å². The molecule has 1 saturated heterocycles. The van der Waals surface area contributed by atoms with Crippen LogP contribution in [0.3, 0.4) is 0 Å². The van der Waals surface area contributed by atoms with Gasteiger partial charge in [-0.05, 0) is 32.3 Å². The predicted molar refractivity (Wildman–Crippen MR) is 91.8 cm³/mol. The van der Waals surface area contributed by atoms with Gasteiger partial charge in [-0.15, -0.1) is 0 Å². The number of aryl methyl sites for hydroxylation is 1. The minimum Gasteiger partial charge on any atom is -0.365 e. The van der Waals surface area contributed by atoms with Crippen molar-refractivity contribution < 1.29 is 14.3 Å². The lowest BCUT2D eigenvalue weighted by Crippen LogP contribution is -2.43. The van der Waals surface area contributed by atoms with Gasteiger partial charge < -0.3 is 19.9 Å².